The summed E-state index contributed by atoms with van der Waals surface area (Å²) in [5.41, 5.74) is 0. The van der Waals surface area contributed by atoms with E-state index in [2.05, 4.69) is 0 Å². The minimum Gasteiger partial charge on any atom is -1.00 e. The second-order valence-corrected chi connectivity index (χ2v) is 1.32. The Labute approximate surface area is 78.5 Å². The Bertz CT molecular complexity index is 35.0. The van der Waals surface area contributed by atoms with Crippen LogP contribution in [0.25, 0.3) is 0 Å². The van der Waals surface area contributed by atoms with Crippen LogP contribution in [-0.2, 0) is 4.74 Å². The Balaban J connectivity index is -0.00000000714. The number of hydrogen-bond acceptors (Lipinski definition) is 1. The van der Waals surface area contributed by atoms with Crippen molar-refractivity contribution in [3.05, 3.63) is 0 Å². The third-order valence-corrected chi connectivity index (χ3v) is 0.827. The average molecular weight is 128 g/mol. The van der Waals surface area contributed by atoms with Gasteiger partial charge in [-0.25, -0.2) is 0 Å². The summed E-state index contributed by atoms with van der Waals surface area (Å²) in [5.74, 6) is 0. The predicted octanol–water partition coefficient (Wildman–Crippen LogP) is 0.598. The molecule has 1 heterocycles. The monoisotopic (exact) mass is 128 g/mol. The molecule has 1 aliphatic heterocycles. The largest absolute Gasteiger partial charge is 3.00 e. The van der Waals surface area contributed by atoms with Crippen LogP contribution >= 0.6 is 0 Å². The van der Waals surface area contributed by atoms with E-state index in [-0.39, 0.29) is 47.5 Å². The van der Waals surface area contributed by atoms with Crippen LogP contribution in [0.15, 0.2) is 0 Å². The maximum absolute atomic E-state index is 4.94. The van der Waals surface area contributed by atoms with Gasteiger partial charge in [0.1, 0.15) is 0 Å². The zero-order chi connectivity index (χ0) is 3.54. The van der Waals surface area contributed by atoms with Crippen molar-refractivity contribution in [3.63, 3.8) is 0 Å². The number of rotatable bonds is 0. The van der Waals surface area contributed by atoms with Gasteiger partial charge in [0.15, 0.2) is 0 Å². The van der Waals surface area contributed by atoms with Crippen LogP contribution in [0.4, 0.5) is 0 Å². The summed E-state index contributed by atoms with van der Waals surface area (Å²) >= 11 is 0. The standard InChI is InChI=1S/C4H8O.Al.Mg.5H/c1-2-4-5-3-1;;;;;;;/h1-4H2;;;;;;;/q;+3;+2;5*-1. The first-order chi connectivity index (χ1) is 2.50. The van der Waals surface area contributed by atoms with E-state index in [0.717, 1.165) is 13.2 Å². The Morgan fingerprint density at radius 1 is 1.14 bits per heavy atom. The Morgan fingerprint density at radius 2 is 1.57 bits per heavy atom. The average Bonchev–Trinajstić information content (AvgIpc) is 1.76. The van der Waals surface area contributed by atoms with Gasteiger partial charge < -0.3 is 11.9 Å². The van der Waals surface area contributed by atoms with E-state index in [9.17, 15) is 0 Å². The molecule has 0 unspecified atom stereocenters. The third kappa shape index (κ3) is 5.12. The van der Waals surface area contributed by atoms with Gasteiger partial charge >= 0.3 is 40.4 Å². The summed E-state index contributed by atoms with van der Waals surface area (Å²) in [6.45, 7) is 2.00. The molecule has 0 aromatic carbocycles. The minimum atomic E-state index is 0. The maximum Gasteiger partial charge on any atom is 3.00 e. The summed E-state index contributed by atoms with van der Waals surface area (Å²) in [7, 11) is 0. The Morgan fingerprint density at radius 3 is 1.71 bits per heavy atom. The molecule has 0 radical (unpaired) electrons. The molecule has 0 saturated carbocycles. The molecule has 1 rings (SSSR count). The van der Waals surface area contributed by atoms with Crippen LogP contribution in [-0.4, -0.2) is 53.6 Å². The van der Waals surface area contributed by atoms with Crippen LogP contribution < -0.4 is 0 Å². The summed E-state index contributed by atoms with van der Waals surface area (Å²) < 4.78 is 4.94. The molecule has 40 valence electrons. The quantitative estimate of drug-likeness (QED) is 0.434. The summed E-state index contributed by atoms with van der Waals surface area (Å²) in [6, 6.07) is 0. The first-order valence-corrected chi connectivity index (χ1v) is 2.08. The molecule has 0 aromatic rings. The van der Waals surface area contributed by atoms with E-state index >= 15 is 0 Å². The van der Waals surface area contributed by atoms with Crippen LogP contribution in [0.2, 0.25) is 0 Å². The van der Waals surface area contributed by atoms with Crippen molar-refractivity contribution in [2.24, 2.45) is 0 Å². The zero-order valence-electron chi connectivity index (χ0n) is 9.52. The smallest absolute Gasteiger partial charge is 1.00 e. The molecular formula is C4H13AlMgO. The van der Waals surface area contributed by atoms with Gasteiger partial charge in [-0.2, -0.15) is 0 Å². The minimum absolute atomic E-state index is 0. The van der Waals surface area contributed by atoms with Gasteiger partial charge in [-0.3, -0.25) is 0 Å². The van der Waals surface area contributed by atoms with Gasteiger partial charge in [-0.1, -0.05) is 0 Å². The maximum atomic E-state index is 4.94. The second kappa shape index (κ2) is 7.26. The van der Waals surface area contributed by atoms with Gasteiger partial charge in [0.25, 0.3) is 0 Å². The van der Waals surface area contributed by atoms with E-state index in [0.29, 0.717) is 0 Å². The van der Waals surface area contributed by atoms with Gasteiger partial charge in [0, 0.05) is 13.2 Å². The van der Waals surface area contributed by atoms with Crippen molar-refractivity contribution in [3.8, 4) is 0 Å². The fourth-order valence-electron chi connectivity index (χ4n) is 0.510. The van der Waals surface area contributed by atoms with E-state index < -0.39 is 0 Å². The molecule has 1 nitrogen and oxygen atoms in total. The molecule has 1 aliphatic rings. The molecule has 0 spiro atoms. The normalized spacial score (nSPS) is 17.1. The molecule has 0 N–H and O–H groups in total. The molecule has 0 aliphatic carbocycles. The van der Waals surface area contributed by atoms with E-state index in [1.54, 1.807) is 0 Å². The first-order valence-electron chi connectivity index (χ1n) is 2.08. The zero-order valence-corrected chi connectivity index (χ0v) is 7.09. The van der Waals surface area contributed by atoms with E-state index in [1.165, 1.54) is 12.8 Å². The molecule has 0 amide bonds. The summed E-state index contributed by atoms with van der Waals surface area (Å²) in [5, 5.41) is 0. The number of hydrogen-bond donors (Lipinski definition) is 0. The molecule has 3 heteroatoms. The third-order valence-electron chi connectivity index (χ3n) is 0.827. The van der Waals surface area contributed by atoms with Crippen molar-refractivity contribution in [1.82, 2.24) is 0 Å². The van der Waals surface area contributed by atoms with Crippen LogP contribution in [0.3, 0.4) is 0 Å². The second-order valence-electron chi connectivity index (χ2n) is 1.32. The van der Waals surface area contributed by atoms with Crippen molar-refractivity contribution >= 4 is 40.4 Å². The number of ether oxygens (including phenoxy) is 1. The van der Waals surface area contributed by atoms with Gasteiger partial charge in [0.05, 0.1) is 0 Å². The summed E-state index contributed by atoms with van der Waals surface area (Å²) in [4.78, 5) is 0. The molecule has 1 saturated heterocycles. The Hall–Kier alpha value is 1.26. The van der Waals surface area contributed by atoms with Crippen molar-refractivity contribution < 1.29 is 11.9 Å². The van der Waals surface area contributed by atoms with Crippen LogP contribution in [0.1, 0.15) is 20.0 Å². The van der Waals surface area contributed by atoms with Crippen molar-refractivity contribution in [2.75, 3.05) is 13.2 Å². The molecule has 7 heavy (non-hydrogen) atoms. The van der Waals surface area contributed by atoms with Gasteiger partial charge in [-0.15, -0.1) is 0 Å². The molecule has 0 atom stereocenters. The van der Waals surface area contributed by atoms with Crippen molar-refractivity contribution in [2.45, 2.75) is 12.8 Å². The SMILES string of the molecule is C1CCOC1.[Al+3].[H-].[H-].[H-].[H-].[H-].[Mg+2]. The fraction of sp³-hybridized carbons (Fsp3) is 1.00. The molecular weight excluding hydrogens is 115 g/mol. The molecule has 1 fully saturated rings. The van der Waals surface area contributed by atoms with Crippen molar-refractivity contribution in [1.29, 1.82) is 0 Å². The fourth-order valence-corrected chi connectivity index (χ4v) is 0.510. The van der Waals surface area contributed by atoms with Crippen LogP contribution in [0.5, 0.6) is 0 Å². The summed E-state index contributed by atoms with van der Waals surface area (Å²) in [6.07, 6.45) is 2.56. The molecule has 0 aromatic heterocycles. The van der Waals surface area contributed by atoms with Gasteiger partial charge in [-0.05, 0) is 12.8 Å². The van der Waals surface area contributed by atoms with Gasteiger partial charge in [0.2, 0.25) is 0 Å². The van der Waals surface area contributed by atoms with E-state index in [1.807, 2.05) is 0 Å². The first kappa shape index (κ1) is 11.1. The molecule has 0 bridgehead atoms. The topological polar surface area (TPSA) is 9.23 Å². The predicted molar refractivity (Wildman–Crippen MR) is 37.1 cm³/mol. The van der Waals surface area contributed by atoms with Crippen LogP contribution in [0, 0.1) is 0 Å². The van der Waals surface area contributed by atoms with E-state index in [4.69, 9.17) is 4.74 Å². The Kier molecular flexibility index (Phi) is 11.5.